The summed E-state index contributed by atoms with van der Waals surface area (Å²) in [4.78, 5) is 11.1. The minimum Gasteiger partial charge on any atom is -0.480 e. The minimum atomic E-state index is -1.19. The van der Waals surface area contributed by atoms with Gasteiger partial charge in [-0.3, -0.25) is 0 Å². The number of carbonyl (C=O) groups is 1. The van der Waals surface area contributed by atoms with E-state index in [0.29, 0.717) is 0 Å². The number of aliphatic carboxylic acids is 1. The summed E-state index contributed by atoms with van der Waals surface area (Å²) >= 11 is 13.3. The van der Waals surface area contributed by atoms with Crippen molar-refractivity contribution in [3.8, 4) is 0 Å². The second-order valence-corrected chi connectivity index (χ2v) is 11.7. The summed E-state index contributed by atoms with van der Waals surface area (Å²) in [7, 11) is 0. The lowest BCUT2D eigenvalue weighted by Gasteiger charge is -2.30. The Kier molecular flexibility index (Phi) is 10.1. The van der Waals surface area contributed by atoms with E-state index >= 15 is 0 Å². The zero-order valence-corrected chi connectivity index (χ0v) is 16.9. The van der Waals surface area contributed by atoms with Crippen molar-refractivity contribution in [2.75, 3.05) is 0 Å². The van der Waals surface area contributed by atoms with Crippen LogP contribution in [0.2, 0.25) is 0 Å². The molecular formula is C12H20Br4O2. The number of rotatable bonds is 10. The Morgan fingerprint density at radius 3 is 1.83 bits per heavy atom. The smallest absolute Gasteiger partial charge is 0.333 e. The Morgan fingerprint density at radius 1 is 0.944 bits per heavy atom. The lowest BCUT2D eigenvalue weighted by molar-refractivity contribution is -0.137. The van der Waals surface area contributed by atoms with Gasteiger partial charge in [0.15, 0.2) is 0 Å². The molecule has 0 atom stereocenters. The van der Waals surface area contributed by atoms with Crippen LogP contribution < -0.4 is 0 Å². The first kappa shape index (κ1) is 19.4. The van der Waals surface area contributed by atoms with E-state index in [-0.39, 0.29) is 0 Å². The summed E-state index contributed by atoms with van der Waals surface area (Å²) in [5, 5.41) is 9.12. The van der Waals surface area contributed by atoms with Crippen LogP contribution in [0.1, 0.15) is 58.3 Å². The molecule has 0 saturated carbocycles. The van der Waals surface area contributed by atoms with Gasteiger partial charge < -0.3 is 5.11 Å². The summed E-state index contributed by atoms with van der Waals surface area (Å²) in [5.41, 5.74) is 0. The maximum absolute atomic E-state index is 11.1. The van der Waals surface area contributed by atoms with Gasteiger partial charge in [-0.25, -0.2) is 4.79 Å². The van der Waals surface area contributed by atoms with Crippen molar-refractivity contribution in [2.45, 2.75) is 64.8 Å². The number of carboxylic acid groups (broad SMARTS) is 1. The molecule has 0 spiro atoms. The summed E-state index contributed by atoms with van der Waals surface area (Å²) in [6.45, 7) is 2.21. The SMILES string of the molecule is CCCCCCCCCC(Br)(Br)C(Br)(Br)C(=O)O. The topological polar surface area (TPSA) is 37.3 Å². The number of alkyl halides is 4. The summed E-state index contributed by atoms with van der Waals surface area (Å²) < 4.78 is -1.86. The van der Waals surface area contributed by atoms with Gasteiger partial charge in [0.05, 0.1) is 0 Å². The van der Waals surface area contributed by atoms with Crippen LogP contribution in [-0.4, -0.2) is 17.5 Å². The van der Waals surface area contributed by atoms with Gasteiger partial charge >= 0.3 is 5.97 Å². The molecule has 0 aliphatic heterocycles. The van der Waals surface area contributed by atoms with Crippen molar-refractivity contribution in [2.24, 2.45) is 0 Å². The first-order chi connectivity index (χ1) is 8.25. The molecule has 0 rings (SSSR count). The summed E-state index contributed by atoms with van der Waals surface area (Å²) in [6.07, 6.45) is 9.25. The summed E-state index contributed by atoms with van der Waals surface area (Å²) in [6, 6.07) is 0. The first-order valence-electron chi connectivity index (χ1n) is 6.24. The zero-order chi connectivity index (χ0) is 14.2. The van der Waals surface area contributed by atoms with Crippen LogP contribution in [-0.2, 0) is 4.79 Å². The second-order valence-electron chi connectivity index (χ2n) is 4.46. The number of carboxylic acids is 1. The van der Waals surface area contributed by atoms with Gasteiger partial charge in [-0.15, -0.1) is 0 Å². The lowest BCUT2D eigenvalue weighted by Crippen LogP contribution is -2.41. The van der Waals surface area contributed by atoms with Gasteiger partial charge in [0.2, 0.25) is 3.23 Å². The maximum Gasteiger partial charge on any atom is 0.333 e. The van der Waals surface area contributed by atoms with E-state index in [2.05, 4.69) is 70.6 Å². The average Bonchev–Trinajstić information content (AvgIpc) is 2.27. The van der Waals surface area contributed by atoms with Gasteiger partial charge in [-0.2, -0.15) is 0 Å². The molecule has 0 aliphatic carbocycles. The van der Waals surface area contributed by atoms with E-state index in [1.54, 1.807) is 0 Å². The standard InChI is InChI=1S/C12H20Br4O2/c1-2-3-4-5-6-7-8-9-11(13,14)12(15,16)10(17)18/h2-9H2,1H3,(H,17,18). The van der Waals surface area contributed by atoms with Crippen LogP contribution in [0.3, 0.4) is 0 Å². The fraction of sp³-hybridized carbons (Fsp3) is 0.917. The van der Waals surface area contributed by atoms with Crippen LogP contribution in [0.15, 0.2) is 0 Å². The molecule has 0 radical (unpaired) electrons. The third kappa shape index (κ3) is 6.71. The molecule has 0 fully saturated rings. The monoisotopic (exact) mass is 512 g/mol. The Bertz CT molecular complexity index is 254. The molecule has 0 amide bonds. The van der Waals surface area contributed by atoms with Gasteiger partial charge in [0.25, 0.3) is 0 Å². The fourth-order valence-corrected chi connectivity index (χ4v) is 2.91. The fourth-order valence-electron chi connectivity index (χ4n) is 1.62. The largest absolute Gasteiger partial charge is 0.480 e. The van der Waals surface area contributed by atoms with Gasteiger partial charge in [-0.05, 0) is 6.42 Å². The molecule has 0 aromatic carbocycles. The van der Waals surface area contributed by atoms with Gasteiger partial charge in [0.1, 0.15) is 3.23 Å². The Morgan fingerprint density at radius 2 is 1.39 bits per heavy atom. The molecule has 0 aromatic rings. The lowest BCUT2D eigenvalue weighted by atomic mass is 10.1. The van der Waals surface area contributed by atoms with Crippen LogP contribution in [0.5, 0.6) is 0 Å². The normalized spacial score (nSPS) is 12.7. The van der Waals surface area contributed by atoms with Crippen molar-refractivity contribution in [3.05, 3.63) is 0 Å². The Hall–Kier alpha value is 1.39. The quantitative estimate of drug-likeness (QED) is 0.278. The molecule has 108 valence electrons. The Labute approximate surface area is 143 Å². The average molecular weight is 516 g/mol. The molecule has 0 saturated heterocycles. The maximum atomic E-state index is 11.1. The van der Waals surface area contributed by atoms with Crippen molar-refractivity contribution in [3.63, 3.8) is 0 Å². The van der Waals surface area contributed by atoms with E-state index in [0.717, 1.165) is 19.3 Å². The molecule has 2 nitrogen and oxygen atoms in total. The number of halogens is 4. The van der Waals surface area contributed by atoms with Gasteiger partial charge in [-0.1, -0.05) is 116 Å². The molecule has 0 heterocycles. The molecule has 0 aliphatic rings. The van der Waals surface area contributed by atoms with E-state index in [9.17, 15) is 4.79 Å². The molecule has 6 heteroatoms. The highest BCUT2D eigenvalue weighted by molar-refractivity contribution is 9.30. The number of hydrogen-bond donors (Lipinski definition) is 1. The van der Waals surface area contributed by atoms with E-state index < -0.39 is 12.4 Å². The predicted octanol–water partition coefficient (Wildman–Crippen LogP) is 6.18. The first-order valence-corrected chi connectivity index (χ1v) is 9.42. The third-order valence-electron chi connectivity index (χ3n) is 2.82. The molecular weight excluding hydrogens is 496 g/mol. The summed E-state index contributed by atoms with van der Waals surface area (Å²) in [5.74, 6) is -0.945. The minimum absolute atomic E-state index is 0.678. The predicted molar refractivity (Wildman–Crippen MR) is 91.4 cm³/mol. The van der Waals surface area contributed by atoms with E-state index in [1.165, 1.54) is 32.1 Å². The third-order valence-corrected chi connectivity index (χ3v) is 8.97. The number of hydrogen-bond acceptors (Lipinski definition) is 1. The van der Waals surface area contributed by atoms with Crippen molar-refractivity contribution in [1.82, 2.24) is 0 Å². The molecule has 0 unspecified atom stereocenters. The molecule has 1 N–H and O–H groups in total. The molecule has 0 aromatic heterocycles. The van der Waals surface area contributed by atoms with Crippen molar-refractivity contribution < 1.29 is 9.90 Å². The zero-order valence-electron chi connectivity index (χ0n) is 10.5. The van der Waals surface area contributed by atoms with Crippen molar-refractivity contribution in [1.29, 1.82) is 0 Å². The van der Waals surface area contributed by atoms with E-state index in [1.807, 2.05) is 0 Å². The highest BCUT2D eigenvalue weighted by Gasteiger charge is 2.50. The highest BCUT2D eigenvalue weighted by Crippen LogP contribution is 2.51. The van der Waals surface area contributed by atoms with Crippen LogP contribution in [0, 0.1) is 0 Å². The number of unbranched alkanes of at least 4 members (excludes halogenated alkanes) is 6. The molecule has 0 bridgehead atoms. The van der Waals surface area contributed by atoms with E-state index in [4.69, 9.17) is 5.11 Å². The highest BCUT2D eigenvalue weighted by atomic mass is 79.9. The van der Waals surface area contributed by atoms with Gasteiger partial charge in [0, 0.05) is 0 Å². The van der Waals surface area contributed by atoms with Crippen molar-refractivity contribution >= 4 is 69.7 Å². The van der Waals surface area contributed by atoms with Crippen LogP contribution in [0.25, 0.3) is 0 Å². The Balaban J connectivity index is 3.88. The van der Waals surface area contributed by atoms with Crippen LogP contribution in [0.4, 0.5) is 0 Å². The molecule has 18 heavy (non-hydrogen) atoms. The second kappa shape index (κ2) is 9.35. The van der Waals surface area contributed by atoms with Crippen LogP contribution >= 0.6 is 63.7 Å².